The second-order valence-electron chi connectivity index (χ2n) is 5.48. The van der Waals surface area contributed by atoms with E-state index >= 15 is 0 Å². The number of aliphatic imine (C=N–C) groups is 1. The van der Waals surface area contributed by atoms with Crippen LogP contribution in [0, 0.1) is 6.92 Å². The van der Waals surface area contributed by atoms with E-state index in [9.17, 15) is 13.2 Å². The van der Waals surface area contributed by atoms with Crippen LogP contribution in [0.25, 0.3) is 10.6 Å². The fraction of sp³-hybridized carbons (Fsp3) is 0.158. The first kappa shape index (κ1) is 18.1. The number of nitrogens with zero attached hydrogens (tertiary/aromatic N) is 2. The molecule has 0 radical (unpaired) electrons. The minimum atomic E-state index is -4.35. The van der Waals surface area contributed by atoms with Crippen molar-refractivity contribution in [2.45, 2.75) is 13.1 Å². The Morgan fingerprint density at radius 2 is 1.77 bits per heavy atom. The zero-order valence-corrected chi connectivity index (χ0v) is 14.9. The number of rotatable bonds is 4. The van der Waals surface area contributed by atoms with Crippen LogP contribution in [0.5, 0.6) is 5.75 Å². The van der Waals surface area contributed by atoms with Crippen molar-refractivity contribution >= 4 is 22.6 Å². The van der Waals surface area contributed by atoms with Crippen LogP contribution < -0.4 is 4.74 Å². The number of hydrogen-bond donors (Lipinski definition) is 0. The van der Waals surface area contributed by atoms with Crippen molar-refractivity contribution in [2.75, 3.05) is 7.11 Å². The molecule has 2 aromatic carbocycles. The Balaban J connectivity index is 1.86. The molecular weight excluding hydrogens is 361 g/mol. The van der Waals surface area contributed by atoms with Crippen LogP contribution in [0.1, 0.15) is 16.8 Å². The Kier molecular flexibility index (Phi) is 5.08. The Morgan fingerprint density at radius 3 is 2.42 bits per heavy atom. The van der Waals surface area contributed by atoms with Gasteiger partial charge in [0.25, 0.3) is 0 Å². The summed E-state index contributed by atoms with van der Waals surface area (Å²) in [5.74, 6) is 0.710. The summed E-state index contributed by atoms with van der Waals surface area (Å²) in [7, 11) is 1.59. The standard InChI is InChI=1S/C19H15F3N2OS/c1-12-17(23-11-14-5-3-4-6-16(14)25-2)26-18(24-12)13-7-9-15(10-8-13)19(20,21)22/h3-11H,1-2H3. The van der Waals surface area contributed by atoms with Crippen LogP contribution >= 0.6 is 11.3 Å². The topological polar surface area (TPSA) is 34.5 Å². The van der Waals surface area contributed by atoms with Crippen molar-refractivity contribution in [1.29, 1.82) is 0 Å². The van der Waals surface area contributed by atoms with Crippen molar-refractivity contribution in [2.24, 2.45) is 4.99 Å². The normalized spacial score (nSPS) is 11.9. The summed E-state index contributed by atoms with van der Waals surface area (Å²) in [5.41, 5.74) is 1.50. The molecule has 0 amide bonds. The molecule has 0 saturated heterocycles. The van der Waals surface area contributed by atoms with Gasteiger partial charge in [-0.3, -0.25) is 0 Å². The molecule has 0 aliphatic carbocycles. The van der Waals surface area contributed by atoms with E-state index in [1.165, 1.54) is 23.5 Å². The van der Waals surface area contributed by atoms with Gasteiger partial charge >= 0.3 is 6.18 Å². The van der Waals surface area contributed by atoms with E-state index in [2.05, 4.69) is 9.98 Å². The molecular formula is C19H15F3N2OS. The number of aryl methyl sites for hydroxylation is 1. The maximum atomic E-state index is 12.7. The lowest BCUT2D eigenvalue weighted by molar-refractivity contribution is -0.137. The molecule has 1 aromatic heterocycles. The average Bonchev–Trinajstić information content (AvgIpc) is 3.00. The monoisotopic (exact) mass is 376 g/mol. The largest absolute Gasteiger partial charge is 0.496 e. The molecule has 3 rings (SSSR count). The number of thiazole rings is 1. The van der Waals surface area contributed by atoms with Crippen molar-refractivity contribution in [3.8, 4) is 16.3 Å². The average molecular weight is 376 g/mol. The first-order valence-corrected chi connectivity index (χ1v) is 8.52. The van der Waals surface area contributed by atoms with Gasteiger partial charge in [0, 0.05) is 17.3 Å². The number of alkyl halides is 3. The Morgan fingerprint density at radius 1 is 1.08 bits per heavy atom. The van der Waals surface area contributed by atoms with Gasteiger partial charge in [-0.25, -0.2) is 9.98 Å². The third-order valence-corrected chi connectivity index (χ3v) is 4.81. The van der Waals surface area contributed by atoms with Gasteiger partial charge in [0.15, 0.2) is 0 Å². The molecule has 3 nitrogen and oxygen atoms in total. The summed E-state index contributed by atoms with van der Waals surface area (Å²) in [6.45, 7) is 1.82. The molecule has 0 bridgehead atoms. The van der Waals surface area contributed by atoms with Crippen LogP contribution in [-0.4, -0.2) is 18.3 Å². The zero-order chi connectivity index (χ0) is 18.7. The number of methoxy groups -OCH3 is 1. The second kappa shape index (κ2) is 7.29. The highest BCUT2D eigenvalue weighted by molar-refractivity contribution is 7.18. The number of para-hydroxylation sites is 1. The lowest BCUT2D eigenvalue weighted by Crippen LogP contribution is -2.03. The van der Waals surface area contributed by atoms with E-state index in [1.807, 2.05) is 31.2 Å². The highest BCUT2D eigenvalue weighted by Gasteiger charge is 2.30. The summed E-state index contributed by atoms with van der Waals surface area (Å²) < 4.78 is 43.3. The van der Waals surface area contributed by atoms with Crippen LogP contribution in [0.2, 0.25) is 0 Å². The van der Waals surface area contributed by atoms with Crippen LogP contribution in [0.3, 0.4) is 0 Å². The van der Waals surface area contributed by atoms with Gasteiger partial charge in [0.1, 0.15) is 15.8 Å². The van der Waals surface area contributed by atoms with Gasteiger partial charge < -0.3 is 4.74 Å². The molecule has 7 heteroatoms. The van der Waals surface area contributed by atoms with Gasteiger partial charge in [-0.05, 0) is 31.2 Å². The Bertz CT molecular complexity index is 931. The van der Waals surface area contributed by atoms with Gasteiger partial charge in [-0.2, -0.15) is 13.2 Å². The summed E-state index contributed by atoms with van der Waals surface area (Å²) >= 11 is 1.33. The van der Waals surface area contributed by atoms with Gasteiger partial charge in [-0.15, -0.1) is 0 Å². The summed E-state index contributed by atoms with van der Waals surface area (Å²) in [5, 5.41) is 1.33. The van der Waals surface area contributed by atoms with E-state index < -0.39 is 11.7 Å². The molecule has 26 heavy (non-hydrogen) atoms. The molecule has 0 unspecified atom stereocenters. The van der Waals surface area contributed by atoms with Crippen molar-refractivity contribution < 1.29 is 17.9 Å². The Hall–Kier alpha value is -2.67. The molecule has 134 valence electrons. The van der Waals surface area contributed by atoms with Crippen LogP contribution in [0.4, 0.5) is 18.2 Å². The van der Waals surface area contributed by atoms with Gasteiger partial charge in [0.2, 0.25) is 0 Å². The molecule has 0 aliphatic rings. The van der Waals surface area contributed by atoms with E-state index in [0.717, 1.165) is 23.4 Å². The van der Waals surface area contributed by atoms with E-state index in [4.69, 9.17) is 4.74 Å². The summed E-state index contributed by atoms with van der Waals surface area (Å²) in [4.78, 5) is 8.88. The predicted molar refractivity (Wildman–Crippen MR) is 97.5 cm³/mol. The smallest absolute Gasteiger partial charge is 0.416 e. The zero-order valence-electron chi connectivity index (χ0n) is 14.0. The quantitative estimate of drug-likeness (QED) is 0.532. The molecule has 0 saturated carbocycles. The van der Waals surface area contributed by atoms with Crippen molar-refractivity contribution in [1.82, 2.24) is 4.98 Å². The fourth-order valence-electron chi connectivity index (χ4n) is 2.33. The number of benzene rings is 2. The minimum absolute atomic E-state index is 0.628. The summed E-state index contributed by atoms with van der Waals surface area (Å²) in [6, 6.07) is 12.5. The SMILES string of the molecule is COc1ccccc1C=Nc1sc(-c2ccc(C(F)(F)F)cc2)nc1C. The van der Waals surface area contributed by atoms with Gasteiger partial charge in [0.05, 0.1) is 18.4 Å². The maximum absolute atomic E-state index is 12.7. The number of ether oxygens (including phenoxy) is 1. The van der Waals surface area contributed by atoms with E-state index in [-0.39, 0.29) is 0 Å². The van der Waals surface area contributed by atoms with Crippen molar-refractivity contribution in [3.05, 3.63) is 65.4 Å². The summed E-state index contributed by atoms with van der Waals surface area (Å²) in [6.07, 6.45) is -2.66. The van der Waals surface area contributed by atoms with Crippen LogP contribution in [-0.2, 0) is 6.18 Å². The molecule has 0 aliphatic heterocycles. The predicted octanol–water partition coefficient (Wildman–Crippen LogP) is 5.90. The minimum Gasteiger partial charge on any atom is -0.496 e. The molecule has 0 spiro atoms. The number of hydrogen-bond acceptors (Lipinski definition) is 4. The number of aromatic nitrogens is 1. The van der Waals surface area contributed by atoms with E-state index in [1.54, 1.807) is 13.3 Å². The lowest BCUT2D eigenvalue weighted by Gasteiger charge is -2.06. The highest BCUT2D eigenvalue weighted by Crippen LogP contribution is 2.36. The lowest BCUT2D eigenvalue weighted by atomic mass is 10.1. The second-order valence-corrected chi connectivity index (χ2v) is 6.46. The Labute approximate surface area is 152 Å². The fourth-order valence-corrected chi connectivity index (χ4v) is 3.25. The third kappa shape index (κ3) is 3.94. The molecule has 1 heterocycles. The molecule has 0 N–H and O–H groups in total. The van der Waals surface area contributed by atoms with Crippen molar-refractivity contribution in [3.63, 3.8) is 0 Å². The third-order valence-electron chi connectivity index (χ3n) is 3.69. The number of halogens is 3. The maximum Gasteiger partial charge on any atom is 0.416 e. The molecule has 3 aromatic rings. The highest BCUT2D eigenvalue weighted by atomic mass is 32.1. The van der Waals surface area contributed by atoms with Gasteiger partial charge in [-0.1, -0.05) is 35.6 Å². The molecule has 0 fully saturated rings. The molecule has 0 atom stereocenters. The first-order valence-electron chi connectivity index (χ1n) is 7.70. The van der Waals surface area contributed by atoms with Crippen LogP contribution in [0.15, 0.2) is 53.5 Å². The van der Waals surface area contributed by atoms with E-state index in [0.29, 0.717) is 21.3 Å². The first-order chi connectivity index (χ1) is 12.4.